The third kappa shape index (κ3) is 5.34. The number of hydrogen-bond acceptors (Lipinski definition) is 3. The van der Waals surface area contributed by atoms with Crippen molar-refractivity contribution in [3.8, 4) is 0 Å². The van der Waals surface area contributed by atoms with E-state index < -0.39 is 0 Å². The smallest absolute Gasteiger partial charge is 0.319 e. The van der Waals surface area contributed by atoms with Gasteiger partial charge in [0.15, 0.2) is 0 Å². The molecule has 2 aliphatic heterocycles. The highest BCUT2D eigenvalue weighted by Crippen LogP contribution is 2.21. The van der Waals surface area contributed by atoms with Crippen LogP contribution in [0.3, 0.4) is 0 Å². The normalized spacial score (nSPS) is 22.8. The molecule has 2 atom stereocenters. The van der Waals surface area contributed by atoms with Crippen LogP contribution in [0.25, 0.3) is 0 Å². The molecule has 0 spiro atoms. The Morgan fingerprint density at radius 2 is 1.96 bits per heavy atom. The third-order valence-corrected chi connectivity index (χ3v) is 4.85. The van der Waals surface area contributed by atoms with Crippen molar-refractivity contribution >= 4 is 30.0 Å². The Morgan fingerprint density at radius 3 is 2.68 bits per heavy atom. The second-order valence-corrected chi connectivity index (χ2v) is 6.57. The quantitative estimate of drug-likeness (QED) is 0.765. The van der Waals surface area contributed by atoms with Crippen molar-refractivity contribution in [2.24, 2.45) is 5.92 Å². The fourth-order valence-corrected chi connectivity index (χ4v) is 3.51. The van der Waals surface area contributed by atoms with Gasteiger partial charge in [0.25, 0.3) is 0 Å². The second kappa shape index (κ2) is 9.63. The molecule has 6 nitrogen and oxygen atoms in total. The maximum absolute atomic E-state index is 12.7. The van der Waals surface area contributed by atoms with Crippen LogP contribution >= 0.6 is 12.4 Å². The molecule has 3 amide bonds. The Morgan fingerprint density at radius 1 is 1.16 bits per heavy atom. The molecule has 25 heavy (non-hydrogen) atoms. The Kier molecular flexibility index (Phi) is 7.52. The molecule has 2 aliphatic rings. The zero-order valence-corrected chi connectivity index (χ0v) is 15.2. The van der Waals surface area contributed by atoms with Crippen LogP contribution in [0.4, 0.5) is 10.5 Å². The number of halogens is 1. The number of urea groups is 1. The first kappa shape index (κ1) is 19.5. The lowest BCUT2D eigenvalue weighted by molar-refractivity contribution is -0.138. The summed E-state index contributed by atoms with van der Waals surface area (Å²) in [7, 11) is 0. The number of nitrogens with zero attached hydrogens (tertiary/aromatic N) is 1. The number of carbonyl (C=O) groups excluding carboxylic acids is 2. The maximum atomic E-state index is 12.7. The number of carbonyl (C=O) groups is 2. The molecule has 7 heteroatoms. The summed E-state index contributed by atoms with van der Waals surface area (Å²) < 4.78 is 0. The van der Waals surface area contributed by atoms with Gasteiger partial charge < -0.3 is 20.9 Å². The predicted molar refractivity (Wildman–Crippen MR) is 101 cm³/mol. The molecule has 0 saturated carbocycles. The average molecular weight is 367 g/mol. The number of benzene rings is 1. The fourth-order valence-electron chi connectivity index (χ4n) is 3.51. The molecule has 2 heterocycles. The molecule has 3 rings (SSSR count). The molecule has 0 bridgehead atoms. The topological polar surface area (TPSA) is 73.5 Å². The molecule has 0 radical (unpaired) electrons. The summed E-state index contributed by atoms with van der Waals surface area (Å²) in [6, 6.07) is 9.26. The fraction of sp³-hybridized carbons (Fsp3) is 0.556. The van der Waals surface area contributed by atoms with E-state index in [1.165, 1.54) is 0 Å². The van der Waals surface area contributed by atoms with Gasteiger partial charge >= 0.3 is 6.03 Å². The van der Waals surface area contributed by atoms with Crippen molar-refractivity contribution in [1.82, 2.24) is 15.5 Å². The Bertz CT molecular complexity index is 563. The van der Waals surface area contributed by atoms with Gasteiger partial charge in [0.2, 0.25) is 5.91 Å². The van der Waals surface area contributed by atoms with Crippen LogP contribution in [0, 0.1) is 5.92 Å². The molecule has 1 aromatic rings. The first-order valence-electron chi connectivity index (χ1n) is 8.85. The molecule has 2 unspecified atom stereocenters. The number of para-hydroxylation sites is 1. The highest BCUT2D eigenvalue weighted by Gasteiger charge is 2.32. The first-order valence-corrected chi connectivity index (χ1v) is 8.85. The summed E-state index contributed by atoms with van der Waals surface area (Å²) in [5.41, 5.74) is 0.767. The SMILES string of the molecule is Cl.O=C(NCC1CCCCN1C(=O)C1CCNC1)Nc1ccccc1. The van der Waals surface area contributed by atoms with Crippen molar-refractivity contribution in [3.05, 3.63) is 30.3 Å². The van der Waals surface area contributed by atoms with Crippen molar-refractivity contribution in [3.63, 3.8) is 0 Å². The van der Waals surface area contributed by atoms with Crippen LogP contribution in [-0.2, 0) is 4.79 Å². The molecule has 3 N–H and O–H groups in total. The van der Waals surface area contributed by atoms with Gasteiger partial charge in [0.05, 0.1) is 5.92 Å². The maximum Gasteiger partial charge on any atom is 0.319 e. The Balaban J connectivity index is 0.00000225. The van der Waals surface area contributed by atoms with Crippen LogP contribution in [-0.4, -0.2) is 49.1 Å². The first-order chi connectivity index (χ1) is 11.7. The van der Waals surface area contributed by atoms with Crippen molar-refractivity contribution in [1.29, 1.82) is 0 Å². The lowest BCUT2D eigenvalue weighted by atomic mass is 9.98. The molecule has 2 fully saturated rings. The molecule has 138 valence electrons. The van der Waals surface area contributed by atoms with Gasteiger partial charge in [0, 0.05) is 31.4 Å². The van der Waals surface area contributed by atoms with Gasteiger partial charge in [-0.1, -0.05) is 18.2 Å². The Hall–Kier alpha value is -1.79. The number of nitrogens with one attached hydrogen (secondary N) is 3. The molecule has 0 aromatic heterocycles. The molecule has 1 aromatic carbocycles. The largest absolute Gasteiger partial charge is 0.338 e. The highest BCUT2D eigenvalue weighted by atomic mass is 35.5. The average Bonchev–Trinajstić information content (AvgIpc) is 3.15. The summed E-state index contributed by atoms with van der Waals surface area (Å²) in [5, 5.41) is 8.99. The number of rotatable bonds is 4. The lowest BCUT2D eigenvalue weighted by Gasteiger charge is -2.37. The van der Waals surface area contributed by atoms with Crippen LogP contribution in [0.15, 0.2) is 30.3 Å². The summed E-state index contributed by atoms with van der Waals surface area (Å²) in [6.45, 7) is 3.02. The van der Waals surface area contributed by atoms with Gasteiger partial charge in [-0.15, -0.1) is 12.4 Å². The van der Waals surface area contributed by atoms with E-state index in [4.69, 9.17) is 0 Å². The van der Waals surface area contributed by atoms with Gasteiger partial charge in [-0.3, -0.25) is 4.79 Å². The van der Waals surface area contributed by atoms with Gasteiger partial charge in [0.1, 0.15) is 0 Å². The van der Waals surface area contributed by atoms with Crippen molar-refractivity contribution in [2.45, 2.75) is 31.7 Å². The van der Waals surface area contributed by atoms with E-state index in [0.717, 1.165) is 51.0 Å². The van der Waals surface area contributed by atoms with E-state index >= 15 is 0 Å². The summed E-state index contributed by atoms with van der Waals surface area (Å²) in [5.74, 6) is 0.346. The highest BCUT2D eigenvalue weighted by molar-refractivity contribution is 5.89. The van der Waals surface area contributed by atoms with Crippen LogP contribution < -0.4 is 16.0 Å². The lowest BCUT2D eigenvalue weighted by Crippen LogP contribution is -2.51. The van der Waals surface area contributed by atoms with E-state index in [-0.39, 0.29) is 36.3 Å². The molecule has 2 saturated heterocycles. The molecule has 0 aliphatic carbocycles. The van der Waals surface area contributed by atoms with E-state index in [2.05, 4.69) is 16.0 Å². The number of piperidine rings is 1. The molecular formula is C18H27ClN4O2. The minimum absolute atomic E-state index is 0. The van der Waals surface area contributed by atoms with Gasteiger partial charge in [-0.2, -0.15) is 0 Å². The van der Waals surface area contributed by atoms with Crippen molar-refractivity contribution < 1.29 is 9.59 Å². The summed E-state index contributed by atoms with van der Waals surface area (Å²) in [4.78, 5) is 26.7. The molecular weight excluding hydrogens is 340 g/mol. The number of anilines is 1. The zero-order chi connectivity index (χ0) is 16.8. The minimum Gasteiger partial charge on any atom is -0.338 e. The van der Waals surface area contributed by atoms with Gasteiger partial charge in [-0.25, -0.2) is 4.79 Å². The third-order valence-electron chi connectivity index (χ3n) is 4.85. The van der Waals surface area contributed by atoms with E-state index in [1.54, 1.807) is 0 Å². The van der Waals surface area contributed by atoms with Crippen LogP contribution in [0.2, 0.25) is 0 Å². The van der Waals surface area contributed by atoms with Crippen LogP contribution in [0.5, 0.6) is 0 Å². The summed E-state index contributed by atoms with van der Waals surface area (Å²) >= 11 is 0. The Labute approximate surface area is 155 Å². The van der Waals surface area contributed by atoms with Gasteiger partial charge in [-0.05, 0) is 44.4 Å². The van der Waals surface area contributed by atoms with Crippen molar-refractivity contribution in [2.75, 3.05) is 31.5 Å². The van der Waals surface area contributed by atoms with E-state index in [9.17, 15) is 9.59 Å². The van der Waals surface area contributed by atoms with Crippen LogP contribution in [0.1, 0.15) is 25.7 Å². The zero-order valence-electron chi connectivity index (χ0n) is 14.4. The van der Waals surface area contributed by atoms with E-state index in [1.807, 2.05) is 35.2 Å². The number of likely N-dealkylation sites (tertiary alicyclic amines) is 1. The monoisotopic (exact) mass is 366 g/mol. The number of hydrogen-bond donors (Lipinski definition) is 3. The summed E-state index contributed by atoms with van der Waals surface area (Å²) in [6.07, 6.45) is 4.04. The minimum atomic E-state index is -0.221. The predicted octanol–water partition coefficient (Wildman–Crippen LogP) is 2.22. The standard InChI is InChI=1S/C18H26N4O2.ClH/c23-17(14-9-10-19-12-14)22-11-5-4-8-16(22)13-20-18(24)21-15-6-2-1-3-7-15;/h1-3,6-7,14,16,19H,4-5,8-13H2,(H2,20,21,24);1H. The number of amides is 3. The second-order valence-electron chi connectivity index (χ2n) is 6.57. The van der Waals surface area contributed by atoms with E-state index in [0.29, 0.717) is 6.54 Å².